The van der Waals surface area contributed by atoms with E-state index in [1.54, 1.807) is 17.5 Å². The Kier molecular flexibility index (Phi) is 3.33. The van der Waals surface area contributed by atoms with Gasteiger partial charge in [0.2, 0.25) is 5.91 Å². The van der Waals surface area contributed by atoms with Crippen LogP contribution in [0, 0.1) is 0 Å². The minimum Gasteiger partial charge on any atom is -0.346 e. The molecule has 5 heteroatoms. The van der Waals surface area contributed by atoms with Gasteiger partial charge >= 0.3 is 0 Å². The lowest BCUT2D eigenvalue weighted by Crippen LogP contribution is -2.41. The molecule has 4 nitrogen and oxygen atoms in total. The van der Waals surface area contributed by atoms with E-state index in [1.165, 1.54) is 0 Å². The molecule has 2 unspecified atom stereocenters. The molecule has 1 aromatic rings. The Morgan fingerprint density at radius 2 is 2.67 bits per heavy atom. The van der Waals surface area contributed by atoms with Crippen molar-refractivity contribution >= 4 is 17.2 Å². The van der Waals surface area contributed by atoms with Crippen LogP contribution in [0.2, 0.25) is 0 Å². The zero-order valence-electron chi connectivity index (χ0n) is 8.69. The number of rotatable bonds is 3. The largest absolute Gasteiger partial charge is 0.346 e. The molecule has 2 heterocycles. The molecule has 0 radical (unpaired) electrons. The highest BCUT2D eigenvalue weighted by Gasteiger charge is 2.23. The van der Waals surface area contributed by atoms with Crippen molar-refractivity contribution in [1.82, 2.24) is 15.6 Å². The average Bonchev–Trinajstić information content (AvgIpc) is 2.91. The first-order valence-electron chi connectivity index (χ1n) is 5.20. The van der Waals surface area contributed by atoms with E-state index < -0.39 is 0 Å². The van der Waals surface area contributed by atoms with Crippen LogP contribution in [-0.4, -0.2) is 23.5 Å². The Labute approximate surface area is 93.1 Å². The van der Waals surface area contributed by atoms with Gasteiger partial charge in [0.25, 0.3) is 0 Å². The Morgan fingerprint density at radius 3 is 3.27 bits per heavy atom. The lowest BCUT2D eigenvalue weighted by Gasteiger charge is -2.15. The number of hydrogen-bond acceptors (Lipinski definition) is 4. The molecule has 1 saturated heterocycles. The molecule has 15 heavy (non-hydrogen) atoms. The first kappa shape index (κ1) is 10.6. The standard InChI is InChI=1S/C10H15N3OS/c1-7(10-12-5-6-15-10)13-9(14)8-3-2-4-11-8/h5-8,11H,2-4H2,1H3,(H,13,14). The molecule has 1 amide bonds. The lowest BCUT2D eigenvalue weighted by molar-refractivity contribution is -0.123. The van der Waals surface area contributed by atoms with E-state index in [9.17, 15) is 4.79 Å². The summed E-state index contributed by atoms with van der Waals surface area (Å²) < 4.78 is 0. The van der Waals surface area contributed by atoms with E-state index in [-0.39, 0.29) is 18.0 Å². The van der Waals surface area contributed by atoms with E-state index in [0.717, 1.165) is 24.4 Å². The second-order valence-corrected chi connectivity index (χ2v) is 4.68. The number of hydrogen-bond donors (Lipinski definition) is 2. The summed E-state index contributed by atoms with van der Waals surface area (Å²) in [4.78, 5) is 15.9. The molecular formula is C10H15N3OS. The predicted octanol–water partition coefficient (Wildman–Crippen LogP) is 1.07. The van der Waals surface area contributed by atoms with Crippen LogP contribution in [0.15, 0.2) is 11.6 Å². The molecule has 0 saturated carbocycles. The van der Waals surface area contributed by atoms with Gasteiger partial charge in [0.05, 0.1) is 12.1 Å². The maximum absolute atomic E-state index is 11.8. The van der Waals surface area contributed by atoms with Gasteiger partial charge in [-0.25, -0.2) is 4.98 Å². The minimum atomic E-state index is -0.00703. The van der Waals surface area contributed by atoms with Gasteiger partial charge in [0, 0.05) is 11.6 Å². The number of carbonyl (C=O) groups excluding carboxylic acids is 1. The van der Waals surface area contributed by atoms with Crippen molar-refractivity contribution in [3.8, 4) is 0 Å². The van der Waals surface area contributed by atoms with Crippen LogP contribution in [0.1, 0.15) is 30.8 Å². The monoisotopic (exact) mass is 225 g/mol. The molecule has 0 aliphatic carbocycles. The third-order valence-electron chi connectivity index (χ3n) is 2.56. The summed E-state index contributed by atoms with van der Waals surface area (Å²) in [5.74, 6) is 0.0928. The van der Waals surface area contributed by atoms with Crippen molar-refractivity contribution in [1.29, 1.82) is 0 Å². The number of nitrogens with zero attached hydrogens (tertiary/aromatic N) is 1. The average molecular weight is 225 g/mol. The zero-order valence-corrected chi connectivity index (χ0v) is 9.51. The van der Waals surface area contributed by atoms with Gasteiger partial charge in [-0.15, -0.1) is 11.3 Å². The maximum Gasteiger partial charge on any atom is 0.237 e. The number of carbonyl (C=O) groups is 1. The van der Waals surface area contributed by atoms with Crippen molar-refractivity contribution in [3.05, 3.63) is 16.6 Å². The van der Waals surface area contributed by atoms with Crippen LogP contribution in [0.5, 0.6) is 0 Å². The molecule has 2 N–H and O–H groups in total. The van der Waals surface area contributed by atoms with Crippen LogP contribution < -0.4 is 10.6 Å². The third kappa shape index (κ3) is 2.54. The molecule has 1 aliphatic rings. The fourth-order valence-corrected chi connectivity index (χ4v) is 2.38. The summed E-state index contributed by atoms with van der Waals surface area (Å²) in [6.45, 7) is 2.91. The summed E-state index contributed by atoms with van der Waals surface area (Å²) in [6.07, 6.45) is 3.79. The van der Waals surface area contributed by atoms with Crippen LogP contribution in [0.3, 0.4) is 0 Å². The van der Waals surface area contributed by atoms with Crippen LogP contribution in [0.25, 0.3) is 0 Å². The third-order valence-corrected chi connectivity index (χ3v) is 3.52. The molecule has 82 valence electrons. The van der Waals surface area contributed by atoms with Gasteiger partial charge in [0.15, 0.2) is 0 Å². The summed E-state index contributed by atoms with van der Waals surface area (Å²) in [5.41, 5.74) is 0. The number of nitrogens with one attached hydrogen (secondary N) is 2. The van der Waals surface area contributed by atoms with Crippen molar-refractivity contribution in [2.75, 3.05) is 6.54 Å². The zero-order chi connectivity index (χ0) is 10.7. The highest BCUT2D eigenvalue weighted by Crippen LogP contribution is 2.15. The molecule has 2 rings (SSSR count). The van der Waals surface area contributed by atoms with Gasteiger partial charge in [-0.05, 0) is 26.3 Å². The Hall–Kier alpha value is -0.940. The van der Waals surface area contributed by atoms with E-state index in [0.29, 0.717) is 0 Å². The minimum absolute atomic E-state index is 0.00703. The fraction of sp³-hybridized carbons (Fsp3) is 0.600. The van der Waals surface area contributed by atoms with Crippen molar-refractivity contribution in [2.24, 2.45) is 0 Å². The number of aromatic nitrogens is 1. The van der Waals surface area contributed by atoms with E-state index in [2.05, 4.69) is 15.6 Å². The quantitative estimate of drug-likeness (QED) is 0.809. The Balaban J connectivity index is 1.88. The Morgan fingerprint density at radius 1 is 1.80 bits per heavy atom. The SMILES string of the molecule is CC(NC(=O)C1CCCN1)c1nccs1. The summed E-state index contributed by atoms with van der Waals surface area (Å²) >= 11 is 1.57. The summed E-state index contributed by atoms with van der Waals surface area (Å²) in [6, 6.07) is 0.00677. The maximum atomic E-state index is 11.8. The highest BCUT2D eigenvalue weighted by atomic mass is 32.1. The van der Waals surface area contributed by atoms with Gasteiger partial charge in [-0.1, -0.05) is 0 Å². The number of amides is 1. The van der Waals surface area contributed by atoms with Crippen LogP contribution >= 0.6 is 11.3 Å². The van der Waals surface area contributed by atoms with Gasteiger partial charge in [0.1, 0.15) is 5.01 Å². The van der Waals surface area contributed by atoms with E-state index in [4.69, 9.17) is 0 Å². The molecule has 0 bridgehead atoms. The summed E-state index contributed by atoms with van der Waals surface area (Å²) in [5, 5.41) is 9.03. The lowest BCUT2D eigenvalue weighted by atomic mass is 10.2. The molecular weight excluding hydrogens is 210 g/mol. The smallest absolute Gasteiger partial charge is 0.237 e. The molecule has 0 aromatic carbocycles. The second kappa shape index (κ2) is 4.72. The van der Waals surface area contributed by atoms with Crippen molar-refractivity contribution < 1.29 is 4.79 Å². The first-order chi connectivity index (χ1) is 7.27. The first-order valence-corrected chi connectivity index (χ1v) is 6.08. The molecule has 1 fully saturated rings. The number of thiazole rings is 1. The van der Waals surface area contributed by atoms with Gasteiger partial charge < -0.3 is 10.6 Å². The summed E-state index contributed by atoms with van der Waals surface area (Å²) in [7, 11) is 0. The van der Waals surface area contributed by atoms with Crippen molar-refractivity contribution in [2.45, 2.75) is 31.8 Å². The van der Waals surface area contributed by atoms with E-state index >= 15 is 0 Å². The second-order valence-electron chi connectivity index (χ2n) is 3.75. The van der Waals surface area contributed by atoms with Gasteiger partial charge in [-0.2, -0.15) is 0 Å². The van der Waals surface area contributed by atoms with E-state index in [1.807, 2.05) is 12.3 Å². The van der Waals surface area contributed by atoms with Crippen molar-refractivity contribution in [3.63, 3.8) is 0 Å². The highest BCUT2D eigenvalue weighted by molar-refractivity contribution is 7.09. The predicted molar refractivity (Wildman–Crippen MR) is 59.7 cm³/mol. The topological polar surface area (TPSA) is 54.0 Å². The molecule has 2 atom stereocenters. The normalized spacial score (nSPS) is 22.6. The molecule has 0 spiro atoms. The Bertz CT molecular complexity index is 319. The molecule has 1 aromatic heterocycles. The van der Waals surface area contributed by atoms with Gasteiger partial charge in [-0.3, -0.25) is 4.79 Å². The van der Waals surface area contributed by atoms with Crippen LogP contribution in [0.4, 0.5) is 0 Å². The van der Waals surface area contributed by atoms with Crippen LogP contribution in [-0.2, 0) is 4.79 Å². The fourth-order valence-electron chi connectivity index (χ4n) is 1.73. The molecule has 1 aliphatic heterocycles.